The summed E-state index contributed by atoms with van der Waals surface area (Å²) in [7, 11) is 0. The summed E-state index contributed by atoms with van der Waals surface area (Å²) >= 11 is 0. The molecular weight excluding hydrogens is 588 g/mol. The number of nitrogens with zero attached hydrogens (tertiary/aromatic N) is 2. The van der Waals surface area contributed by atoms with Gasteiger partial charge in [-0.1, -0.05) is 36.4 Å². The zero-order chi connectivity index (χ0) is 32.7. The van der Waals surface area contributed by atoms with E-state index in [9.17, 15) is 29.4 Å². The van der Waals surface area contributed by atoms with E-state index in [0.717, 1.165) is 0 Å². The van der Waals surface area contributed by atoms with Crippen LogP contribution in [0.2, 0.25) is 0 Å². The van der Waals surface area contributed by atoms with Crippen molar-refractivity contribution < 1.29 is 47.7 Å². The minimum atomic E-state index is -2.39. The van der Waals surface area contributed by atoms with E-state index >= 15 is 0 Å². The summed E-state index contributed by atoms with van der Waals surface area (Å²) in [4.78, 5) is 46.5. The van der Waals surface area contributed by atoms with Crippen LogP contribution in [0.3, 0.4) is 0 Å². The highest BCUT2D eigenvalue weighted by molar-refractivity contribution is 5.94. The number of pyridine rings is 4. The number of hydrogen-bond acceptors (Lipinski definition) is 8. The highest BCUT2D eigenvalue weighted by Crippen LogP contribution is 2.12. The molecule has 0 aliphatic heterocycles. The molecule has 0 aliphatic carbocycles. The van der Waals surface area contributed by atoms with Crippen molar-refractivity contribution in [2.24, 2.45) is 0 Å². The van der Waals surface area contributed by atoms with Crippen molar-refractivity contribution in [3.63, 3.8) is 0 Å². The molecule has 6 aromatic rings. The average Bonchev–Trinajstić information content (AvgIpc) is 3.10. The number of esters is 2. The topological polar surface area (TPSA) is 141 Å². The first kappa shape index (κ1) is 32.5. The van der Waals surface area contributed by atoms with E-state index in [1.807, 2.05) is 73.3 Å². The van der Waals surface area contributed by atoms with Gasteiger partial charge in [-0.2, -0.15) is 8.80 Å². The Morgan fingerprint density at radius 2 is 0.717 bits per heavy atom. The highest BCUT2D eigenvalue weighted by atomic mass is 16.6. The van der Waals surface area contributed by atoms with E-state index in [1.54, 1.807) is 12.1 Å². The molecule has 0 radical (unpaired) electrons. The Kier molecular flexibility index (Phi) is 11.6. The van der Waals surface area contributed by atoms with Crippen molar-refractivity contribution in [2.45, 2.75) is 12.2 Å². The van der Waals surface area contributed by atoms with Gasteiger partial charge < -0.3 is 29.3 Å². The number of carboxylic acids is 2. The Bertz CT molecular complexity index is 1640. The van der Waals surface area contributed by atoms with Crippen LogP contribution in [-0.4, -0.2) is 36.1 Å². The summed E-state index contributed by atoms with van der Waals surface area (Å²) in [5, 5.41) is 22.5. The lowest BCUT2D eigenvalue weighted by atomic mass is 10.1. The number of hydrogen-bond donors (Lipinski definition) is 0. The third-order valence-electron chi connectivity index (χ3n) is 6.32. The van der Waals surface area contributed by atoms with Gasteiger partial charge in [-0.25, -0.2) is 9.59 Å². The molecular formula is C36H28N2O8. The normalized spacial score (nSPS) is 11.4. The molecule has 2 atom stereocenters. The molecule has 0 saturated heterocycles. The van der Waals surface area contributed by atoms with Gasteiger partial charge in [0.15, 0.2) is 37.0 Å². The molecule has 10 nitrogen and oxygen atoms in total. The second-order valence-corrected chi connectivity index (χ2v) is 9.49. The van der Waals surface area contributed by atoms with Crippen molar-refractivity contribution in [2.75, 3.05) is 0 Å². The maximum atomic E-state index is 12.0. The number of benzene rings is 2. The highest BCUT2D eigenvalue weighted by Gasteiger charge is 2.32. The molecule has 0 amide bonds. The molecule has 0 saturated carbocycles. The van der Waals surface area contributed by atoms with Gasteiger partial charge in [0.2, 0.25) is 11.0 Å². The Morgan fingerprint density at radius 1 is 0.435 bits per heavy atom. The third kappa shape index (κ3) is 9.29. The van der Waals surface area contributed by atoms with Gasteiger partial charge in [0, 0.05) is 48.5 Å². The molecule has 230 valence electrons. The first-order chi connectivity index (χ1) is 22.3. The molecule has 0 bridgehead atoms. The van der Waals surface area contributed by atoms with Crippen LogP contribution in [0, 0.1) is 0 Å². The third-order valence-corrected chi connectivity index (χ3v) is 6.32. The monoisotopic (exact) mass is 616 g/mol. The van der Waals surface area contributed by atoms with Crippen molar-refractivity contribution in [3.05, 3.63) is 169 Å². The molecule has 0 N–H and O–H groups in total. The maximum Gasteiger partial charge on any atom is 0.338 e. The van der Waals surface area contributed by atoms with Crippen LogP contribution < -0.4 is 19.0 Å². The maximum absolute atomic E-state index is 12.0. The van der Waals surface area contributed by atoms with Gasteiger partial charge in [0.25, 0.3) is 0 Å². The molecule has 4 heterocycles. The predicted octanol–water partition coefficient (Wildman–Crippen LogP) is 1.79. The Balaban J connectivity index is 0.000000192. The molecule has 0 unspecified atom stereocenters. The second-order valence-electron chi connectivity index (χ2n) is 9.49. The predicted molar refractivity (Wildman–Crippen MR) is 161 cm³/mol. The zero-order valence-corrected chi connectivity index (χ0v) is 24.3. The lowest BCUT2D eigenvalue weighted by molar-refractivity contribution is -0.512. The van der Waals surface area contributed by atoms with Gasteiger partial charge in [0.05, 0.1) is 23.1 Å². The minimum Gasteiger partial charge on any atom is -0.546 e. The van der Waals surface area contributed by atoms with Crippen molar-refractivity contribution in [1.82, 2.24) is 0 Å². The Labute approximate surface area is 264 Å². The summed E-state index contributed by atoms with van der Waals surface area (Å²) < 4.78 is 13.5. The van der Waals surface area contributed by atoms with E-state index in [4.69, 9.17) is 0 Å². The first-order valence-corrected chi connectivity index (χ1v) is 14.0. The fourth-order valence-corrected chi connectivity index (χ4v) is 4.07. The van der Waals surface area contributed by atoms with Crippen LogP contribution in [0.15, 0.2) is 158 Å². The van der Waals surface area contributed by atoms with Crippen molar-refractivity contribution in [3.8, 4) is 0 Å². The Morgan fingerprint density at radius 3 is 0.978 bits per heavy atom. The number of fused-ring (bicyclic) bond motifs is 2. The van der Waals surface area contributed by atoms with E-state index < -0.39 is 36.1 Å². The van der Waals surface area contributed by atoms with E-state index in [1.165, 1.54) is 59.6 Å². The van der Waals surface area contributed by atoms with E-state index in [0.29, 0.717) is 0 Å². The largest absolute Gasteiger partial charge is 0.546 e. The molecule has 10 heteroatoms. The van der Waals surface area contributed by atoms with Crippen LogP contribution in [0.1, 0.15) is 20.7 Å². The summed E-state index contributed by atoms with van der Waals surface area (Å²) in [6, 6.07) is 39.1. The Hall–Kier alpha value is -6.42. The van der Waals surface area contributed by atoms with Gasteiger partial charge in [-0.15, -0.1) is 0 Å². The molecule has 46 heavy (non-hydrogen) atoms. The molecule has 4 aromatic heterocycles. The van der Waals surface area contributed by atoms with E-state index in [-0.39, 0.29) is 11.1 Å². The smallest absolute Gasteiger partial charge is 0.338 e. The molecule has 6 rings (SSSR count). The first-order valence-electron chi connectivity index (χ1n) is 14.0. The lowest BCUT2D eigenvalue weighted by Crippen LogP contribution is -2.55. The molecule has 0 spiro atoms. The number of aromatic nitrogens is 2. The summed E-state index contributed by atoms with van der Waals surface area (Å²) in [5.74, 6) is -6.35. The van der Waals surface area contributed by atoms with Crippen molar-refractivity contribution in [1.29, 1.82) is 0 Å². The van der Waals surface area contributed by atoms with Crippen LogP contribution in [0.5, 0.6) is 0 Å². The number of aliphatic carboxylic acids is 2. The van der Waals surface area contributed by atoms with Crippen LogP contribution in [0.25, 0.3) is 11.0 Å². The van der Waals surface area contributed by atoms with Crippen LogP contribution >= 0.6 is 0 Å². The summed E-state index contributed by atoms with van der Waals surface area (Å²) in [6.07, 6.45) is 3.37. The fraction of sp³-hybridized carbons (Fsp3) is 0.0556. The van der Waals surface area contributed by atoms with Gasteiger partial charge >= 0.3 is 11.9 Å². The number of carbonyl (C=O) groups excluding carboxylic acids is 4. The fourth-order valence-electron chi connectivity index (χ4n) is 4.07. The quantitative estimate of drug-likeness (QED) is 0.195. The number of rotatable bonds is 7. The molecule has 0 aliphatic rings. The molecule has 2 aromatic carbocycles. The van der Waals surface area contributed by atoms with Crippen LogP contribution in [-0.2, 0) is 19.1 Å². The second kappa shape index (κ2) is 16.4. The molecule has 0 fully saturated rings. The summed E-state index contributed by atoms with van der Waals surface area (Å²) in [5.41, 5.74) is 2.41. The van der Waals surface area contributed by atoms with E-state index in [2.05, 4.69) is 42.5 Å². The lowest BCUT2D eigenvalue weighted by Gasteiger charge is -2.28. The zero-order valence-electron chi connectivity index (χ0n) is 24.3. The SMILES string of the molecule is O=C(O[C@H](C(=O)[O-])[C@H](OC(=O)c1ccccc1)C(=O)[O-])c1ccccc1.c1cc[n+]2ccccc2c1.c1cc[n+]2ccccc2c1. The van der Waals surface area contributed by atoms with Gasteiger partial charge in [-0.05, 0) is 48.5 Å². The van der Waals surface area contributed by atoms with Crippen molar-refractivity contribution >= 4 is 34.9 Å². The number of carbonyl (C=O) groups is 4. The van der Waals surface area contributed by atoms with Gasteiger partial charge in [0.1, 0.15) is 0 Å². The van der Waals surface area contributed by atoms with Gasteiger partial charge in [-0.3, -0.25) is 0 Å². The minimum absolute atomic E-state index is 0.0229. The van der Waals surface area contributed by atoms with Crippen LogP contribution in [0.4, 0.5) is 0 Å². The number of carboxylic acid groups (broad SMARTS) is 2. The summed E-state index contributed by atoms with van der Waals surface area (Å²) in [6.45, 7) is 0. The average molecular weight is 617 g/mol. The number of ether oxygens (including phenoxy) is 2. The standard InChI is InChI=1S/C18H14O8.2C9H8N/c19-15(20)13(25-17(23)11-7-3-1-4-8-11)14(16(21)22)26-18(24)12-9-5-2-6-10-12;2*1-3-7-10-8-4-2-6-9(10)5-1/h1-10,13-14H,(H,19,20)(H,21,22);2*1-8H/q;2*+1/p-2/t13-,14-;;/m0../s1.